The van der Waals surface area contributed by atoms with Crippen molar-refractivity contribution < 1.29 is 14.4 Å². The lowest BCUT2D eigenvalue weighted by atomic mass is 10.1. The quantitative estimate of drug-likeness (QED) is 0.493. The van der Waals surface area contributed by atoms with Crippen LogP contribution in [0.5, 0.6) is 0 Å². The van der Waals surface area contributed by atoms with Gasteiger partial charge in [0.2, 0.25) is 5.91 Å². The second-order valence-electron chi connectivity index (χ2n) is 7.67. The first-order valence-electron chi connectivity index (χ1n) is 10.3. The molecule has 7 nitrogen and oxygen atoms in total. The highest BCUT2D eigenvalue weighted by atomic mass is 16.2. The highest BCUT2D eigenvalue weighted by Gasteiger charge is 2.34. The van der Waals surface area contributed by atoms with E-state index < -0.39 is 0 Å². The lowest BCUT2D eigenvalue weighted by Crippen LogP contribution is -2.32. The van der Waals surface area contributed by atoms with Gasteiger partial charge in [0.1, 0.15) is 5.82 Å². The Hall–Kier alpha value is -4.26. The van der Waals surface area contributed by atoms with E-state index in [-0.39, 0.29) is 30.7 Å². The Morgan fingerprint density at radius 1 is 0.875 bits per heavy atom. The largest absolute Gasteiger partial charge is 0.327 e. The minimum absolute atomic E-state index is 0.0258. The minimum atomic E-state index is -0.356. The number of carbonyl (C=O) groups is 3. The van der Waals surface area contributed by atoms with Gasteiger partial charge in [0.15, 0.2) is 0 Å². The normalized spacial score (nSPS) is 13.0. The number of anilines is 1. The molecule has 0 aliphatic carbocycles. The maximum Gasteiger partial charge on any atom is 0.261 e. The Kier molecular flexibility index (Phi) is 4.78. The van der Waals surface area contributed by atoms with Crippen molar-refractivity contribution in [3.8, 4) is 11.4 Å². The number of hydrogen-bond acceptors (Lipinski definition) is 4. The number of para-hydroxylation sites is 2. The number of benzene rings is 3. The molecule has 0 radical (unpaired) electrons. The summed E-state index contributed by atoms with van der Waals surface area (Å²) in [6, 6.07) is 22.1. The van der Waals surface area contributed by atoms with E-state index in [4.69, 9.17) is 0 Å². The lowest BCUT2D eigenvalue weighted by Gasteiger charge is -2.13. The average Bonchev–Trinajstić information content (AvgIpc) is 3.27. The molecule has 0 saturated heterocycles. The van der Waals surface area contributed by atoms with E-state index in [2.05, 4.69) is 10.3 Å². The van der Waals surface area contributed by atoms with Gasteiger partial charge >= 0.3 is 0 Å². The van der Waals surface area contributed by atoms with Crippen molar-refractivity contribution in [1.29, 1.82) is 0 Å². The SMILES string of the molecule is Cn1c(-c2ccc(NC(=O)CCN3C(=O)c4ccccc4C3=O)cc2)nc2ccccc21. The predicted octanol–water partition coefficient (Wildman–Crippen LogP) is 3.87. The number of carbonyl (C=O) groups excluding carboxylic acids is 3. The average molecular weight is 424 g/mol. The van der Waals surface area contributed by atoms with Gasteiger partial charge in [-0.05, 0) is 48.5 Å². The van der Waals surface area contributed by atoms with Gasteiger partial charge in [-0.2, -0.15) is 0 Å². The molecular formula is C25H20N4O3. The molecule has 1 aliphatic heterocycles. The molecule has 4 aromatic rings. The standard InChI is InChI=1S/C25H20N4O3/c1-28-21-9-5-4-8-20(21)27-23(28)16-10-12-17(13-11-16)26-22(30)14-15-29-24(31)18-6-2-3-7-19(18)25(29)32/h2-13H,14-15H2,1H3,(H,26,30). The second-order valence-corrected chi connectivity index (χ2v) is 7.67. The Labute approximate surface area is 184 Å². The van der Waals surface area contributed by atoms with Crippen LogP contribution in [0.3, 0.4) is 0 Å². The van der Waals surface area contributed by atoms with Crippen LogP contribution >= 0.6 is 0 Å². The monoisotopic (exact) mass is 424 g/mol. The Bertz CT molecular complexity index is 1340. The zero-order valence-corrected chi connectivity index (χ0v) is 17.4. The Morgan fingerprint density at radius 2 is 1.50 bits per heavy atom. The fourth-order valence-corrected chi connectivity index (χ4v) is 3.99. The third-order valence-corrected chi connectivity index (χ3v) is 5.65. The molecular weight excluding hydrogens is 404 g/mol. The number of nitrogens with one attached hydrogen (secondary N) is 1. The van der Waals surface area contributed by atoms with Gasteiger partial charge in [0.25, 0.3) is 11.8 Å². The molecule has 32 heavy (non-hydrogen) atoms. The molecule has 1 aromatic heterocycles. The number of imidazole rings is 1. The van der Waals surface area contributed by atoms with Gasteiger partial charge in [-0.15, -0.1) is 0 Å². The van der Waals surface area contributed by atoms with Gasteiger partial charge < -0.3 is 9.88 Å². The molecule has 0 fully saturated rings. The van der Waals surface area contributed by atoms with Crippen molar-refractivity contribution in [2.24, 2.45) is 7.05 Å². The molecule has 0 atom stereocenters. The molecule has 0 bridgehead atoms. The first kappa shape index (κ1) is 19.7. The fourth-order valence-electron chi connectivity index (χ4n) is 3.99. The van der Waals surface area contributed by atoms with Crippen LogP contribution in [-0.4, -0.2) is 38.7 Å². The summed E-state index contributed by atoms with van der Waals surface area (Å²) in [6.45, 7) is 0.0378. The zero-order chi connectivity index (χ0) is 22.2. The molecule has 2 heterocycles. The number of aryl methyl sites for hydroxylation is 1. The third-order valence-electron chi connectivity index (χ3n) is 5.65. The number of aromatic nitrogens is 2. The number of amides is 3. The van der Waals surface area contributed by atoms with Gasteiger partial charge in [-0.3, -0.25) is 19.3 Å². The summed E-state index contributed by atoms with van der Waals surface area (Å²) in [5.41, 5.74) is 4.32. The summed E-state index contributed by atoms with van der Waals surface area (Å²) in [6.07, 6.45) is 0.0258. The topological polar surface area (TPSA) is 84.3 Å². The molecule has 7 heteroatoms. The van der Waals surface area contributed by atoms with Crippen LogP contribution in [0.1, 0.15) is 27.1 Å². The van der Waals surface area contributed by atoms with Crippen molar-refractivity contribution in [1.82, 2.24) is 14.5 Å². The summed E-state index contributed by atoms with van der Waals surface area (Å²) in [7, 11) is 1.97. The van der Waals surface area contributed by atoms with Crippen molar-refractivity contribution in [2.75, 3.05) is 11.9 Å². The highest BCUT2D eigenvalue weighted by molar-refractivity contribution is 6.21. The highest BCUT2D eigenvalue weighted by Crippen LogP contribution is 2.25. The zero-order valence-electron chi connectivity index (χ0n) is 17.4. The lowest BCUT2D eigenvalue weighted by molar-refractivity contribution is -0.116. The second kappa shape index (κ2) is 7.77. The number of fused-ring (bicyclic) bond motifs is 2. The van der Waals surface area contributed by atoms with Crippen LogP contribution in [0.2, 0.25) is 0 Å². The van der Waals surface area contributed by atoms with E-state index in [9.17, 15) is 14.4 Å². The first-order valence-corrected chi connectivity index (χ1v) is 10.3. The number of rotatable bonds is 5. The van der Waals surface area contributed by atoms with Crippen LogP contribution < -0.4 is 5.32 Å². The van der Waals surface area contributed by atoms with Crippen LogP contribution in [0.25, 0.3) is 22.4 Å². The fraction of sp³-hybridized carbons (Fsp3) is 0.120. The van der Waals surface area contributed by atoms with Gasteiger partial charge in [0, 0.05) is 31.3 Å². The summed E-state index contributed by atoms with van der Waals surface area (Å²) in [5.74, 6) is -0.137. The third kappa shape index (κ3) is 3.33. The summed E-state index contributed by atoms with van der Waals surface area (Å²) < 4.78 is 2.03. The molecule has 3 aromatic carbocycles. The molecule has 1 N–H and O–H groups in total. The minimum Gasteiger partial charge on any atom is -0.327 e. The number of imide groups is 1. The van der Waals surface area contributed by atoms with Gasteiger partial charge in [-0.25, -0.2) is 4.98 Å². The summed E-state index contributed by atoms with van der Waals surface area (Å²) >= 11 is 0. The van der Waals surface area contributed by atoms with E-state index in [0.717, 1.165) is 27.3 Å². The maximum atomic E-state index is 12.4. The van der Waals surface area contributed by atoms with E-state index in [1.54, 1.807) is 24.3 Å². The van der Waals surface area contributed by atoms with Crippen LogP contribution in [-0.2, 0) is 11.8 Å². The molecule has 5 rings (SSSR count). The first-order chi connectivity index (χ1) is 15.5. The molecule has 158 valence electrons. The predicted molar refractivity (Wildman–Crippen MR) is 121 cm³/mol. The van der Waals surface area contributed by atoms with E-state index in [1.807, 2.05) is 60.1 Å². The van der Waals surface area contributed by atoms with Gasteiger partial charge in [-0.1, -0.05) is 24.3 Å². The van der Waals surface area contributed by atoms with Crippen molar-refractivity contribution >= 4 is 34.4 Å². The van der Waals surface area contributed by atoms with E-state index in [0.29, 0.717) is 16.8 Å². The molecule has 0 unspecified atom stereocenters. The molecule has 0 spiro atoms. The van der Waals surface area contributed by atoms with E-state index in [1.165, 1.54) is 0 Å². The number of hydrogen-bond donors (Lipinski definition) is 1. The number of nitrogens with zero attached hydrogens (tertiary/aromatic N) is 3. The Morgan fingerprint density at radius 3 is 2.16 bits per heavy atom. The van der Waals surface area contributed by atoms with Crippen molar-refractivity contribution in [2.45, 2.75) is 6.42 Å². The van der Waals surface area contributed by atoms with Crippen molar-refractivity contribution in [3.05, 3.63) is 83.9 Å². The summed E-state index contributed by atoms with van der Waals surface area (Å²) in [5, 5.41) is 2.82. The van der Waals surface area contributed by atoms with Crippen LogP contribution in [0.15, 0.2) is 72.8 Å². The van der Waals surface area contributed by atoms with Gasteiger partial charge in [0.05, 0.1) is 22.2 Å². The molecule has 3 amide bonds. The van der Waals surface area contributed by atoms with Crippen molar-refractivity contribution in [3.63, 3.8) is 0 Å². The Balaban J connectivity index is 1.23. The molecule has 1 aliphatic rings. The molecule has 0 saturated carbocycles. The van der Waals surface area contributed by atoms with Crippen LogP contribution in [0, 0.1) is 0 Å². The van der Waals surface area contributed by atoms with E-state index >= 15 is 0 Å². The summed E-state index contributed by atoms with van der Waals surface area (Å²) in [4.78, 5) is 43.0. The smallest absolute Gasteiger partial charge is 0.261 e. The van der Waals surface area contributed by atoms with Crippen LogP contribution in [0.4, 0.5) is 5.69 Å². The maximum absolute atomic E-state index is 12.4.